The minimum atomic E-state index is -3.57. The molecular weight excluding hydrogens is 260 g/mol. The molecule has 0 spiro atoms. The number of rotatable bonds is 2. The Hall–Kier alpha value is -1.62. The van der Waals surface area contributed by atoms with E-state index < -0.39 is 10.0 Å². The second-order valence-electron chi connectivity index (χ2n) is 5.67. The number of hydrogen-bond acceptors (Lipinski definition) is 3. The van der Waals surface area contributed by atoms with Gasteiger partial charge in [-0.1, -0.05) is 32.9 Å². The van der Waals surface area contributed by atoms with E-state index in [1.165, 1.54) is 12.4 Å². The van der Waals surface area contributed by atoms with Crippen molar-refractivity contribution >= 4 is 10.0 Å². The summed E-state index contributed by atoms with van der Waals surface area (Å²) in [5.41, 5.74) is 1.92. The van der Waals surface area contributed by atoms with Crippen LogP contribution in [0.3, 0.4) is 0 Å². The van der Waals surface area contributed by atoms with Gasteiger partial charge < -0.3 is 0 Å². The van der Waals surface area contributed by atoms with Gasteiger partial charge in [-0.3, -0.25) is 0 Å². The lowest BCUT2D eigenvalue weighted by Crippen LogP contribution is -2.15. The Morgan fingerprint density at radius 1 is 1.11 bits per heavy atom. The quantitative estimate of drug-likeness (QED) is 0.848. The summed E-state index contributed by atoms with van der Waals surface area (Å²) in [4.78, 5) is 0.253. The maximum absolute atomic E-state index is 12.3. The number of benzene rings is 1. The van der Waals surface area contributed by atoms with Crippen molar-refractivity contribution in [3.05, 3.63) is 47.8 Å². The average Bonchev–Trinajstić information content (AvgIpc) is 2.76. The molecule has 0 saturated carbocycles. The van der Waals surface area contributed by atoms with Crippen molar-refractivity contribution in [2.45, 2.75) is 38.0 Å². The van der Waals surface area contributed by atoms with Gasteiger partial charge in [0.15, 0.2) is 0 Å². The second-order valence-corrected chi connectivity index (χ2v) is 7.47. The van der Waals surface area contributed by atoms with Gasteiger partial charge in [-0.2, -0.15) is 17.6 Å². The largest absolute Gasteiger partial charge is 0.282 e. The van der Waals surface area contributed by atoms with Gasteiger partial charge in [-0.05, 0) is 35.6 Å². The van der Waals surface area contributed by atoms with Crippen molar-refractivity contribution in [3.63, 3.8) is 0 Å². The molecule has 0 aliphatic heterocycles. The Balaban J connectivity index is 2.43. The fourth-order valence-electron chi connectivity index (χ4n) is 1.76. The predicted octanol–water partition coefficient (Wildman–Crippen LogP) is 2.73. The molecule has 102 valence electrons. The molecule has 0 saturated heterocycles. The van der Waals surface area contributed by atoms with Gasteiger partial charge >= 0.3 is 0 Å². The predicted molar refractivity (Wildman–Crippen MR) is 74.7 cm³/mol. The average molecular weight is 278 g/mol. The molecule has 0 aliphatic rings. The Morgan fingerprint density at radius 2 is 1.68 bits per heavy atom. The maximum atomic E-state index is 12.3. The molecule has 0 fully saturated rings. The molecule has 1 aromatic carbocycles. The molecule has 0 aliphatic carbocycles. The molecule has 1 aromatic heterocycles. The van der Waals surface area contributed by atoms with Crippen LogP contribution < -0.4 is 0 Å². The normalized spacial score (nSPS) is 12.6. The Labute approximate surface area is 114 Å². The van der Waals surface area contributed by atoms with E-state index in [9.17, 15) is 8.42 Å². The minimum absolute atomic E-state index is 0.00454. The van der Waals surface area contributed by atoms with Crippen molar-refractivity contribution in [2.24, 2.45) is 0 Å². The molecular formula is C14H18N2O2S. The first-order valence-electron chi connectivity index (χ1n) is 6.09. The molecule has 0 amide bonds. The van der Waals surface area contributed by atoms with Crippen LogP contribution in [0.15, 0.2) is 41.6 Å². The summed E-state index contributed by atoms with van der Waals surface area (Å²) in [5.74, 6) is 0. The number of nitrogens with zero attached hydrogens (tertiary/aromatic N) is 2. The zero-order valence-corrected chi connectivity index (χ0v) is 12.4. The van der Waals surface area contributed by atoms with Crippen molar-refractivity contribution in [1.82, 2.24) is 9.19 Å². The molecule has 0 N–H and O–H groups in total. The van der Waals surface area contributed by atoms with Crippen molar-refractivity contribution in [1.29, 1.82) is 0 Å². The summed E-state index contributed by atoms with van der Waals surface area (Å²) in [6.07, 6.45) is 3.04. The Kier molecular flexibility index (Phi) is 3.26. The third kappa shape index (κ3) is 2.71. The summed E-state index contributed by atoms with van der Waals surface area (Å²) in [7, 11) is -3.57. The number of hydrogen-bond donors (Lipinski definition) is 0. The minimum Gasteiger partial charge on any atom is -0.199 e. The third-order valence-corrected chi connectivity index (χ3v) is 4.51. The lowest BCUT2D eigenvalue weighted by molar-refractivity contribution is 0.577. The van der Waals surface area contributed by atoms with Crippen LogP contribution in [0.1, 0.15) is 31.9 Å². The molecule has 0 radical (unpaired) electrons. The van der Waals surface area contributed by atoms with E-state index in [2.05, 4.69) is 25.9 Å². The maximum Gasteiger partial charge on any atom is 0.282 e. The first-order chi connectivity index (χ1) is 8.71. The Bertz CT molecular complexity index is 677. The molecule has 2 aromatic rings. The second kappa shape index (κ2) is 4.49. The standard InChI is InChI=1S/C14H18N2O2S/c1-11-9-15-16(10-11)19(17,18)13-7-5-12(6-8-13)14(2,3)4/h5-10H,1-4H3. The summed E-state index contributed by atoms with van der Waals surface area (Å²) in [6, 6.07) is 6.96. The highest BCUT2D eigenvalue weighted by atomic mass is 32.2. The molecule has 0 atom stereocenters. The zero-order valence-electron chi connectivity index (χ0n) is 11.6. The molecule has 2 rings (SSSR count). The number of aromatic nitrogens is 2. The topological polar surface area (TPSA) is 52.0 Å². The van der Waals surface area contributed by atoms with Crippen LogP contribution in [0.5, 0.6) is 0 Å². The first kappa shape index (κ1) is 13.8. The highest BCUT2D eigenvalue weighted by Crippen LogP contribution is 2.24. The van der Waals surface area contributed by atoms with Crippen molar-refractivity contribution < 1.29 is 8.42 Å². The summed E-state index contributed by atoms with van der Waals surface area (Å²) in [6.45, 7) is 8.08. The van der Waals surface area contributed by atoms with Gasteiger partial charge in [0.1, 0.15) is 0 Å². The smallest absolute Gasteiger partial charge is 0.199 e. The van der Waals surface area contributed by atoms with Gasteiger partial charge in [0.05, 0.1) is 11.1 Å². The van der Waals surface area contributed by atoms with Gasteiger partial charge in [0, 0.05) is 6.20 Å². The van der Waals surface area contributed by atoms with Gasteiger partial charge in [-0.25, -0.2) is 0 Å². The first-order valence-corrected chi connectivity index (χ1v) is 7.53. The molecule has 0 unspecified atom stereocenters. The molecule has 5 heteroatoms. The fourth-order valence-corrected chi connectivity index (χ4v) is 2.93. The van der Waals surface area contributed by atoms with Gasteiger partial charge in [0.2, 0.25) is 0 Å². The monoisotopic (exact) mass is 278 g/mol. The van der Waals surface area contributed by atoms with Gasteiger partial charge in [-0.15, -0.1) is 0 Å². The van der Waals surface area contributed by atoms with E-state index in [-0.39, 0.29) is 10.3 Å². The molecule has 0 bridgehead atoms. The van der Waals surface area contributed by atoms with E-state index in [4.69, 9.17) is 0 Å². The summed E-state index contributed by atoms with van der Waals surface area (Å²) < 4.78 is 25.6. The van der Waals surface area contributed by atoms with Crippen molar-refractivity contribution in [2.75, 3.05) is 0 Å². The van der Waals surface area contributed by atoms with Crippen LogP contribution in [0.4, 0.5) is 0 Å². The van der Waals surface area contributed by atoms with E-state index in [1.807, 2.05) is 19.1 Å². The van der Waals surface area contributed by atoms with Crippen LogP contribution in [-0.4, -0.2) is 17.6 Å². The van der Waals surface area contributed by atoms with Crippen LogP contribution in [0.2, 0.25) is 0 Å². The Morgan fingerprint density at radius 3 is 2.11 bits per heavy atom. The molecule has 4 nitrogen and oxygen atoms in total. The highest BCUT2D eigenvalue weighted by molar-refractivity contribution is 7.89. The van der Waals surface area contributed by atoms with Crippen LogP contribution in [0.25, 0.3) is 0 Å². The highest BCUT2D eigenvalue weighted by Gasteiger charge is 2.19. The van der Waals surface area contributed by atoms with Crippen LogP contribution >= 0.6 is 0 Å². The van der Waals surface area contributed by atoms with Crippen LogP contribution in [0, 0.1) is 6.92 Å². The van der Waals surface area contributed by atoms with E-state index in [0.717, 1.165) is 15.2 Å². The van der Waals surface area contributed by atoms with E-state index in [0.29, 0.717) is 0 Å². The SMILES string of the molecule is Cc1cnn(S(=O)(=O)c2ccc(C(C)(C)C)cc2)c1. The van der Waals surface area contributed by atoms with E-state index in [1.54, 1.807) is 12.1 Å². The van der Waals surface area contributed by atoms with Gasteiger partial charge in [0.25, 0.3) is 10.0 Å². The summed E-state index contributed by atoms with van der Waals surface area (Å²) >= 11 is 0. The molecule has 1 heterocycles. The number of aryl methyl sites for hydroxylation is 1. The molecule has 19 heavy (non-hydrogen) atoms. The zero-order chi connectivity index (χ0) is 14.3. The fraction of sp³-hybridized carbons (Fsp3) is 0.357. The third-order valence-electron chi connectivity index (χ3n) is 2.95. The lowest BCUT2D eigenvalue weighted by Gasteiger charge is -2.19. The van der Waals surface area contributed by atoms with Crippen molar-refractivity contribution in [3.8, 4) is 0 Å². The van der Waals surface area contributed by atoms with E-state index >= 15 is 0 Å². The lowest BCUT2D eigenvalue weighted by atomic mass is 9.87. The van der Waals surface area contributed by atoms with Crippen LogP contribution in [-0.2, 0) is 15.4 Å². The summed E-state index contributed by atoms with van der Waals surface area (Å²) in [5, 5.41) is 3.86.